The molecule has 6 nitrogen and oxygen atoms in total. The van der Waals surface area contributed by atoms with Crippen LogP contribution in [0.5, 0.6) is 5.75 Å². The van der Waals surface area contributed by atoms with Gasteiger partial charge in [0.1, 0.15) is 5.75 Å². The number of piperidine rings is 1. The van der Waals surface area contributed by atoms with Gasteiger partial charge in [-0.25, -0.2) is 4.79 Å². The molecule has 21 heavy (non-hydrogen) atoms. The topological polar surface area (TPSA) is 67.9 Å². The third kappa shape index (κ3) is 3.87. The first-order valence-electron chi connectivity index (χ1n) is 6.92. The minimum absolute atomic E-state index is 0.200. The van der Waals surface area contributed by atoms with Crippen molar-refractivity contribution in [2.45, 2.75) is 12.8 Å². The van der Waals surface area contributed by atoms with Crippen molar-refractivity contribution in [2.75, 3.05) is 32.6 Å². The Morgan fingerprint density at radius 2 is 1.95 bits per heavy atom. The van der Waals surface area contributed by atoms with E-state index in [1.807, 2.05) is 0 Å². The van der Waals surface area contributed by atoms with Crippen LogP contribution in [0.25, 0.3) is 0 Å². The van der Waals surface area contributed by atoms with Crippen LogP contribution in [-0.2, 0) is 9.53 Å². The van der Waals surface area contributed by atoms with Gasteiger partial charge in [0.25, 0.3) is 0 Å². The number of nitrogens with one attached hydrogen (secondary N) is 1. The highest BCUT2D eigenvalue weighted by atomic mass is 16.5. The van der Waals surface area contributed by atoms with E-state index in [1.165, 1.54) is 7.11 Å². The van der Waals surface area contributed by atoms with E-state index in [-0.39, 0.29) is 17.9 Å². The van der Waals surface area contributed by atoms with Gasteiger partial charge in [0.05, 0.1) is 20.1 Å². The van der Waals surface area contributed by atoms with Gasteiger partial charge < -0.3 is 19.7 Å². The van der Waals surface area contributed by atoms with Crippen LogP contribution in [0.3, 0.4) is 0 Å². The summed E-state index contributed by atoms with van der Waals surface area (Å²) in [6.07, 6.45) is 1.56. The number of benzene rings is 1. The van der Waals surface area contributed by atoms with Crippen molar-refractivity contribution in [3.63, 3.8) is 0 Å². The lowest BCUT2D eigenvalue weighted by atomic mass is 9.98. The van der Waals surface area contributed by atoms with Gasteiger partial charge in [0.2, 0.25) is 0 Å². The van der Waals surface area contributed by atoms with Crippen LogP contribution in [0.1, 0.15) is 12.8 Å². The first-order chi connectivity index (χ1) is 10.1. The molecule has 114 valence electrons. The molecule has 0 spiro atoms. The molecule has 1 heterocycles. The molecule has 1 N–H and O–H groups in total. The van der Waals surface area contributed by atoms with Crippen molar-refractivity contribution in [1.29, 1.82) is 0 Å². The molecule has 0 aliphatic carbocycles. The van der Waals surface area contributed by atoms with Crippen LogP contribution in [0, 0.1) is 5.92 Å². The molecule has 0 unspecified atom stereocenters. The number of methoxy groups -OCH3 is 2. The minimum atomic E-state index is -0.253. The maximum absolute atomic E-state index is 12.2. The molecular formula is C15H20N2O4. The van der Waals surface area contributed by atoms with Crippen LogP contribution >= 0.6 is 0 Å². The van der Waals surface area contributed by atoms with E-state index < -0.39 is 0 Å². The van der Waals surface area contributed by atoms with Crippen molar-refractivity contribution in [2.24, 2.45) is 5.92 Å². The molecule has 1 aromatic rings. The lowest BCUT2D eigenvalue weighted by molar-refractivity contribution is -0.146. The van der Waals surface area contributed by atoms with E-state index in [9.17, 15) is 9.59 Å². The summed E-state index contributed by atoms with van der Waals surface area (Å²) in [6, 6.07) is 6.91. The van der Waals surface area contributed by atoms with Gasteiger partial charge in [-0.2, -0.15) is 0 Å². The van der Waals surface area contributed by atoms with E-state index in [4.69, 9.17) is 9.47 Å². The zero-order valence-electron chi connectivity index (χ0n) is 12.3. The largest absolute Gasteiger partial charge is 0.497 e. The van der Waals surface area contributed by atoms with Crippen LogP contribution in [0.15, 0.2) is 24.3 Å². The van der Waals surface area contributed by atoms with Gasteiger partial charge in [0.15, 0.2) is 0 Å². The summed E-state index contributed by atoms with van der Waals surface area (Å²) in [4.78, 5) is 25.4. The normalized spacial score (nSPS) is 18.0. The Bertz CT molecular complexity index is 501. The summed E-state index contributed by atoms with van der Waals surface area (Å²) in [5, 5.41) is 2.82. The Hall–Kier alpha value is -2.24. The minimum Gasteiger partial charge on any atom is -0.497 e. The van der Waals surface area contributed by atoms with Gasteiger partial charge in [-0.15, -0.1) is 0 Å². The van der Waals surface area contributed by atoms with Crippen LogP contribution in [0.2, 0.25) is 0 Å². The Labute approximate surface area is 124 Å². The highest BCUT2D eigenvalue weighted by Crippen LogP contribution is 2.20. The van der Waals surface area contributed by atoms with Crippen molar-refractivity contribution in [3.8, 4) is 5.75 Å². The summed E-state index contributed by atoms with van der Waals surface area (Å²) < 4.78 is 9.82. The predicted octanol–water partition coefficient (Wildman–Crippen LogP) is 2.11. The van der Waals surface area contributed by atoms with E-state index in [0.717, 1.165) is 18.6 Å². The van der Waals surface area contributed by atoms with Gasteiger partial charge in [-0.05, 0) is 37.1 Å². The molecule has 1 saturated heterocycles. The molecule has 2 rings (SSSR count). The van der Waals surface area contributed by atoms with E-state index in [0.29, 0.717) is 18.8 Å². The van der Waals surface area contributed by atoms with E-state index in [2.05, 4.69) is 5.32 Å². The molecule has 1 aromatic carbocycles. The molecule has 1 atom stereocenters. The molecule has 1 aliphatic heterocycles. The number of hydrogen-bond acceptors (Lipinski definition) is 4. The zero-order valence-corrected chi connectivity index (χ0v) is 12.3. The molecule has 0 radical (unpaired) electrons. The molecule has 6 heteroatoms. The van der Waals surface area contributed by atoms with Crippen LogP contribution in [-0.4, -0.2) is 44.2 Å². The smallest absolute Gasteiger partial charge is 0.321 e. The summed E-state index contributed by atoms with van der Waals surface area (Å²) in [5.74, 6) is 0.249. The number of carbonyl (C=O) groups excluding carboxylic acids is 2. The third-order valence-electron chi connectivity index (χ3n) is 3.58. The number of rotatable bonds is 3. The molecule has 0 aromatic heterocycles. The van der Waals surface area contributed by atoms with Gasteiger partial charge >= 0.3 is 12.0 Å². The van der Waals surface area contributed by atoms with Crippen LogP contribution < -0.4 is 10.1 Å². The summed E-state index contributed by atoms with van der Waals surface area (Å²) in [6.45, 7) is 1.05. The number of anilines is 1. The molecule has 2 amide bonds. The zero-order chi connectivity index (χ0) is 15.2. The lowest BCUT2D eigenvalue weighted by Crippen LogP contribution is -2.44. The molecule has 0 saturated carbocycles. The van der Waals surface area contributed by atoms with Crippen molar-refractivity contribution < 1.29 is 19.1 Å². The number of esters is 1. The molecule has 1 aliphatic rings. The molecular weight excluding hydrogens is 272 g/mol. The predicted molar refractivity (Wildman–Crippen MR) is 78.3 cm³/mol. The number of ether oxygens (including phenoxy) is 2. The highest BCUT2D eigenvalue weighted by Gasteiger charge is 2.28. The molecule has 1 fully saturated rings. The lowest BCUT2D eigenvalue weighted by Gasteiger charge is -2.31. The second-order valence-corrected chi connectivity index (χ2v) is 4.97. The van der Waals surface area contributed by atoms with Gasteiger partial charge in [-0.1, -0.05) is 0 Å². The Balaban J connectivity index is 1.94. The SMILES string of the molecule is COC(=O)[C@H]1CCCN(C(=O)Nc2ccc(OC)cc2)C1. The number of amides is 2. The Morgan fingerprint density at radius 1 is 1.24 bits per heavy atom. The van der Waals surface area contributed by atoms with Crippen molar-refractivity contribution in [1.82, 2.24) is 4.90 Å². The first kappa shape index (κ1) is 15.2. The van der Waals surface area contributed by atoms with Gasteiger partial charge in [0, 0.05) is 18.8 Å². The Morgan fingerprint density at radius 3 is 2.57 bits per heavy atom. The second kappa shape index (κ2) is 6.97. The van der Waals surface area contributed by atoms with Gasteiger partial charge in [-0.3, -0.25) is 4.79 Å². The third-order valence-corrected chi connectivity index (χ3v) is 3.58. The standard InChI is InChI=1S/C15H20N2O4/c1-20-13-7-5-12(6-8-13)16-15(19)17-9-3-4-11(10-17)14(18)21-2/h5-8,11H,3-4,9-10H2,1-2H3,(H,16,19)/t11-/m0/s1. The summed E-state index contributed by atoms with van der Waals surface area (Å²) in [7, 11) is 2.97. The summed E-state index contributed by atoms with van der Waals surface area (Å²) >= 11 is 0. The van der Waals surface area contributed by atoms with Crippen molar-refractivity contribution in [3.05, 3.63) is 24.3 Å². The van der Waals surface area contributed by atoms with E-state index >= 15 is 0 Å². The summed E-state index contributed by atoms with van der Waals surface area (Å²) in [5.41, 5.74) is 0.695. The fraction of sp³-hybridized carbons (Fsp3) is 0.467. The number of carbonyl (C=O) groups is 2. The van der Waals surface area contributed by atoms with E-state index in [1.54, 1.807) is 36.3 Å². The maximum atomic E-state index is 12.2. The maximum Gasteiger partial charge on any atom is 0.321 e. The number of nitrogens with zero attached hydrogens (tertiary/aromatic N) is 1. The second-order valence-electron chi connectivity index (χ2n) is 4.97. The monoisotopic (exact) mass is 292 g/mol. The number of likely N-dealkylation sites (tertiary alicyclic amines) is 1. The number of hydrogen-bond donors (Lipinski definition) is 1. The highest BCUT2D eigenvalue weighted by molar-refractivity contribution is 5.89. The first-order valence-corrected chi connectivity index (χ1v) is 6.92. The average Bonchev–Trinajstić information content (AvgIpc) is 2.55. The fourth-order valence-electron chi connectivity index (χ4n) is 2.40. The van der Waals surface area contributed by atoms with Crippen molar-refractivity contribution >= 4 is 17.7 Å². The van der Waals surface area contributed by atoms with Crippen LogP contribution in [0.4, 0.5) is 10.5 Å². The average molecular weight is 292 g/mol. The molecule has 0 bridgehead atoms. The quantitative estimate of drug-likeness (QED) is 0.866. The number of urea groups is 1. The fourth-order valence-corrected chi connectivity index (χ4v) is 2.40. The Kier molecular flexibility index (Phi) is 5.03.